The van der Waals surface area contributed by atoms with Crippen molar-refractivity contribution in [3.05, 3.63) is 0 Å². The SMILES string of the molecule is CCCCCC(C)(C)CNC(=O)C1(CN)CCCCCC1. The Morgan fingerprint density at radius 3 is 2.29 bits per heavy atom. The van der Waals surface area contributed by atoms with E-state index in [1.807, 2.05) is 0 Å². The molecule has 0 heterocycles. The van der Waals surface area contributed by atoms with Crippen LogP contribution in [0.4, 0.5) is 0 Å². The first-order chi connectivity index (χ1) is 9.96. The van der Waals surface area contributed by atoms with Gasteiger partial charge in [0.05, 0.1) is 5.41 Å². The summed E-state index contributed by atoms with van der Waals surface area (Å²) >= 11 is 0. The van der Waals surface area contributed by atoms with Gasteiger partial charge >= 0.3 is 0 Å². The number of hydrogen-bond donors (Lipinski definition) is 2. The molecule has 124 valence electrons. The highest BCUT2D eigenvalue weighted by Crippen LogP contribution is 2.34. The van der Waals surface area contributed by atoms with Gasteiger partial charge in [0.2, 0.25) is 5.91 Å². The van der Waals surface area contributed by atoms with E-state index in [1.54, 1.807) is 0 Å². The van der Waals surface area contributed by atoms with Crippen LogP contribution in [-0.4, -0.2) is 19.0 Å². The summed E-state index contributed by atoms with van der Waals surface area (Å²) in [6, 6.07) is 0. The topological polar surface area (TPSA) is 55.1 Å². The molecule has 0 radical (unpaired) electrons. The molecule has 3 heteroatoms. The number of nitrogens with two attached hydrogens (primary N) is 1. The van der Waals surface area contributed by atoms with Crippen molar-refractivity contribution in [2.75, 3.05) is 13.1 Å². The van der Waals surface area contributed by atoms with Crippen LogP contribution < -0.4 is 11.1 Å². The zero-order chi connectivity index (χ0) is 15.8. The molecular weight excluding hydrogens is 260 g/mol. The van der Waals surface area contributed by atoms with Crippen molar-refractivity contribution >= 4 is 5.91 Å². The highest BCUT2D eigenvalue weighted by Gasteiger charge is 2.37. The lowest BCUT2D eigenvalue weighted by Gasteiger charge is -2.32. The smallest absolute Gasteiger partial charge is 0.227 e. The molecule has 0 saturated heterocycles. The third kappa shape index (κ3) is 5.98. The summed E-state index contributed by atoms with van der Waals surface area (Å²) in [5.41, 5.74) is 5.88. The van der Waals surface area contributed by atoms with Crippen LogP contribution in [0.3, 0.4) is 0 Å². The number of amides is 1. The van der Waals surface area contributed by atoms with E-state index in [9.17, 15) is 4.79 Å². The first kappa shape index (κ1) is 18.5. The fraction of sp³-hybridized carbons (Fsp3) is 0.944. The molecule has 3 N–H and O–H groups in total. The van der Waals surface area contributed by atoms with Crippen molar-refractivity contribution in [3.8, 4) is 0 Å². The summed E-state index contributed by atoms with van der Waals surface area (Å²) < 4.78 is 0. The Kier molecular flexibility index (Phi) is 7.72. The molecule has 0 bridgehead atoms. The van der Waals surface area contributed by atoms with E-state index in [0.717, 1.165) is 32.2 Å². The molecule has 0 aromatic carbocycles. The van der Waals surface area contributed by atoms with Gasteiger partial charge in [0.15, 0.2) is 0 Å². The van der Waals surface area contributed by atoms with Crippen LogP contribution in [-0.2, 0) is 4.79 Å². The zero-order valence-corrected chi connectivity index (χ0v) is 14.5. The van der Waals surface area contributed by atoms with Gasteiger partial charge in [-0.25, -0.2) is 0 Å². The molecule has 1 fully saturated rings. The minimum atomic E-state index is -0.296. The van der Waals surface area contributed by atoms with E-state index in [0.29, 0.717) is 6.54 Å². The summed E-state index contributed by atoms with van der Waals surface area (Å²) in [6.07, 6.45) is 11.7. The van der Waals surface area contributed by atoms with Gasteiger partial charge in [-0.05, 0) is 24.7 Å². The van der Waals surface area contributed by atoms with Gasteiger partial charge < -0.3 is 11.1 Å². The standard InChI is InChI=1S/C18H36N2O/c1-4-5-8-11-17(2,3)15-20-16(21)18(14-19)12-9-6-7-10-13-18/h4-15,19H2,1-3H3,(H,20,21). The predicted molar refractivity (Wildman–Crippen MR) is 90.1 cm³/mol. The lowest BCUT2D eigenvalue weighted by atomic mass is 9.79. The number of nitrogens with one attached hydrogen (secondary N) is 1. The van der Waals surface area contributed by atoms with E-state index in [4.69, 9.17) is 5.73 Å². The molecule has 3 nitrogen and oxygen atoms in total. The average molecular weight is 296 g/mol. The Bertz CT molecular complexity index is 304. The molecule has 0 aromatic rings. The van der Waals surface area contributed by atoms with Gasteiger partial charge in [-0.2, -0.15) is 0 Å². The summed E-state index contributed by atoms with van der Waals surface area (Å²) in [7, 11) is 0. The van der Waals surface area contributed by atoms with Gasteiger partial charge in [-0.15, -0.1) is 0 Å². The van der Waals surface area contributed by atoms with Crippen molar-refractivity contribution < 1.29 is 4.79 Å². The van der Waals surface area contributed by atoms with E-state index in [1.165, 1.54) is 38.5 Å². The van der Waals surface area contributed by atoms with Crippen LogP contribution >= 0.6 is 0 Å². The van der Waals surface area contributed by atoms with Gasteiger partial charge in [0.25, 0.3) is 0 Å². The van der Waals surface area contributed by atoms with Crippen molar-refractivity contribution in [1.29, 1.82) is 0 Å². The third-order valence-electron chi connectivity index (χ3n) is 5.12. The summed E-state index contributed by atoms with van der Waals surface area (Å²) in [4.78, 5) is 12.7. The van der Waals surface area contributed by atoms with Crippen LogP contribution in [0.5, 0.6) is 0 Å². The maximum Gasteiger partial charge on any atom is 0.227 e. The van der Waals surface area contributed by atoms with Gasteiger partial charge in [-0.1, -0.05) is 65.7 Å². The van der Waals surface area contributed by atoms with Crippen LogP contribution in [0.25, 0.3) is 0 Å². The Balaban J connectivity index is 2.49. The molecule has 0 atom stereocenters. The molecule has 0 aliphatic heterocycles. The van der Waals surface area contributed by atoms with Gasteiger partial charge in [0, 0.05) is 13.1 Å². The average Bonchev–Trinajstić information content (AvgIpc) is 2.71. The molecule has 1 aliphatic carbocycles. The second-order valence-corrected chi connectivity index (χ2v) is 7.70. The number of carbonyl (C=O) groups is 1. The number of unbranched alkanes of at least 4 members (excludes halogenated alkanes) is 2. The van der Waals surface area contributed by atoms with Crippen LogP contribution in [0.15, 0.2) is 0 Å². The largest absolute Gasteiger partial charge is 0.355 e. The molecule has 1 rings (SSSR count). The zero-order valence-electron chi connectivity index (χ0n) is 14.5. The van der Waals surface area contributed by atoms with Crippen molar-refractivity contribution in [2.24, 2.45) is 16.6 Å². The van der Waals surface area contributed by atoms with Crippen molar-refractivity contribution in [3.63, 3.8) is 0 Å². The molecule has 0 aromatic heterocycles. The van der Waals surface area contributed by atoms with Crippen LogP contribution in [0.2, 0.25) is 0 Å². The molecule has 21 heavy (non-hydrogen) atoms. The summed E-state index contributed by atoms with van der Waals surface area (Å²) in [5, 5.41) is 3.22. The summed E-state index contributed by atoms with van der Waals surface area (Å²) in [6.45, 7) is 8.01. The van der Waals surface area contributed by atoms with Gasteiger partial charge in [-0.3, -0.25) is 4.79 Å². The van der Waals surface area contributed by atoms with E-state index < -0.39 is 0 Å². The molecule has 1 saturated carbocycles. The second-order valence-electron chi connectivity index (χ2n) is 7.70. The quantitative estimate of drug-likeness (QED) is 0.525. The molecule has 1 amide bonds. The lowest BCUT2D eigenvalue weighted by Crippen LogP contribution is -2.48. The number of rotatable bonds is 8. The molecule has 0 spiro atoms. The van der Waals surface area contributed by atoms with E-state index in [2.05, 4.69) is 26.1 Å². The highest BCUT2D eigenvalue weighted by molar-refractivity contribution is 5.83. The summed E-state index contributed by atoms with van der Waals surface area (Å²) in [5.74, 6) is 0.204. The van der Waals surface area contributed by atoms with E-state index >= 15 is 0 Å². The first-order valence-corrected chi connectivity index (χ1v) is 8.94. The van der Waals surface area contributed by atoms with Gasteiger partial charge in [0.1, 0.15) is 0 Å². The number of carbonyl (C=O) groups excluding carboxylic acids is 1. The molecular formula is C18H36N2O. The minimum Gasteiger partial charge on any atom is -0.355 e. The Morgan fingerprint density at radius 1 is 1.14 bits per heavy atom. The predicted octanol–water partition coefficient (Wildman–Crippen LogP) is 4.01. The lowest BCUT2D eigenvalue weighted by molar-refractivity contribution is -0.131. The monoisotopic (exact) mass is 296 g/mol. The third-order valence-corrected chi connectivity index (χ3v) is 5.12. The van der Waals surface area contributed by atoms with Crippen molar-refractivity contribution in [2.45, 2.75) is 85.0 Å². The highest BCUT2D eigenvalue weighted by atomic mass is 16.2. The molecule has 0 unspecified atom stereocenters. The Labute approximate surface area is 131 Å². The Morgan fingerprint density at radius 2 is 1.76 bits per heavy atom. The van der Waals surface area contributed by atoms with Crippen molar-refractivity contribution in [1.82, 2.24) is 5.32 Å². The second kappa shape index (κ2) is 8.77. The maximum atomic E-state index is 12.7. The van der Waals surface area contributed by atoms with Crippen LogP contribution in [0.1, 0.15) is 85.0 Å². The Hall–Kier alpha value is -0.570. The fourth-order valence-corrected chi connectivity index (χ4v) is 3.38. The first-order valence-electron chi connectivity index (χ1n) is 8.94. The molecule has 1 aliphatic rings. The normalized spacial score (nSPS) is 19.0. The van der Waals surface area contributed by atoms with E-state index in [-0.39, 0.29) is 16.7 Å². The maximum absolute atomic E-state index is 12.7. The minimum absolute atomic E-state index is 0.186. The number of hydrogen-bond acceptors (Lipinski definition) is 2. The van der Waals surface area contributed by atoms with Crippen LogP contribution in [0, 0.1) is 10.8 Å². The fourth-order valence-electron chi connectivity index (χ4n) is 3.38.